The Balaban J connectivity index is 1.63. The first-order valence-electron chi connectivity index (χ1n) is 8.53. The molecule has 3 rings (SSSR count). The molecule has 0 aliphatic carbocycles. The Morgan fingerprint density at radius 2 is 1.90 bits per heavy atom. The quantitative estimate of drug-likeness (QED) is 0.386. The molecule has 0 saturated heterocycles. The topological polar surface area (TPSA) is 129 Å². The van der Waals surface area contributed by atoms with E-state index in [0.717, 1.165) is 5.56 Å². The first-order valence-corrected chi connectivity index (χ1v) is 8.53. The van der Waals surface area contributed by atoms with Gasteiger partial charge in [-0.05, 0) is 49.2 Å². The molecule has 10 nitrogen and oxygen atoms in total. The van der Waals surface area contributed by atoms with Crippen molar-refractivity contribution in [3.8, 4) is 5.69 Å². The van der Waals surface area contributed by atoms with Gasteiger partial charge in [-0.25, -0.2) is 14.5 Å². The van der Waals surface area contributed by atoms with E-state index in [4.69, 9.17) is 4.74 Å². The molecule has 0 bridgehead atoms. The second-order valence-corrected chi connectivity index (χ2v) is 6.17. The van der Waals surface area contributed by atoms with Crippen LogP contribution < -0.4 is 5.32 Å². The van der Waals surface area contributed by atoms with Crippen molar-refractivity contribution in [2.45, 2.75) is 13.8 Å². The minimum Gasteiger partial charge on any atom is -0.452 e. The molecule has 2 aromatic carbocycles. The molecule has 0 atom stereocenters. The monoisotopic (exact) mass is 395 g/mol. The van der Waals surface area contributed by atoms with Gasteiger partial charge in [0.05, 0.1) is 16.2 Å². The van der Waals surface area contributed by atoms with E-state index in [1.807, 2.05) is 0 Å². The first-order chi connectivity index (χ1) is 13.9. The number of benzene rings is 2. The molecule has 0 aliphatic heterocycles. The molecule has 0 aliphatic rings. The Labute approximate surface area is 165 Å². The molecule has 0 spiro atoms. The number of ether oxygens (including phenoxy) is 1. The normalized spacial score (nSPS) is 10.4. The fourth-order valence-electron chi connectivity index (χ4n) is 2.59. The third kappa shape index (κ3) is 4.43. The van der Waals surface area contributed by atoms with Gasteiger partial charge in [0.1, 0.15) is 18.3 Å². The lowest BCUT2D eigenvalue weighted by atomic mass is 10.1. The first kappa shape index (κ1) is 19.7. The largest absolute Gasteiger partial charge is 0.452 e. The van der Waals surface area contributed by atoms with Crippen LogP contribution in [0, 0.1) is 24.0 Å². The fourth-order valence-corrected chi connectivity index (χ4v) is 2.59. The van der Waals surface area contributed by atoms with E-state index >= 15 is 0 Å². The van der Waals surface area contributed by atoms with Crippen LogP contribution in [-0.4, -0.2) is 38.2 Å². The molecule has 0 radical (unpaired) electrons. The Morgan fingerprint density at radius 1 is 1.17 bits per heavy atom. The van der Waals surface area contributed by atoms with Crippen molar-refractivity contribution in [1.82, 2.24) is 14.8 Å². The fraction of sp³-hybridized carbons (Fsp3) is 0.158. The number of hydrogen-bond donors (Lipinski definition) is 1. The number of hydrogen-bond acceptors (Lipinski definition) is 7. The summed E-state index contributed by atoms with van der Waals surface area (Å²) in [5, 5.41) is 17.6. The number of carbonyl (C=O) groups is 2. The van der Waals surface area contributed by atoms with Gasteiger partial charge >= 0.3 is 5.97 Å². The zero-order chi connectivity index (χ0) is 21.0. The highest BCUT2D eigenvalue weighted by atomic mass is 16.6. The van der Waals surface area contributed by atoms with Crippen LogP contribution in [0.2, 0.25) is 0 Å². The molecule has 3 aromatic rings. The summed E-state index contributed by atoms with van der Waals surface area (Å²) >= 11 is 0. The van der Waals surface area contributed by atoms with Crippen LogP contribution >= 0.6 is 0 Å². The van der Waals surface area contributed by atoms with Gasteiger partial charge in [0, 0.05) is 6.07 Å². The van der Waals surface area contributed by atoms with E-state index in [1.54, 1.807) is 32.0 Å². The number of nitrogens with zero attached hydrogens (tertiary/aromatic N) is 4. The third-order valence-corrected chi connectivity index (χ3v) is 4.30. The average molecular weight is 395 g/mol. The van der Waals surface area contributed by atoms with Crippen molar-refractivity contribution >= 4 is 23.3 Å². The predicted octanol–water partition coefficient (Wildman–Crippen LogP) is 2.59. The molecule has 1 aromatic heterocycles. The zero-order valence-electron chi connectivity index (χ0n) is 15.7. The standard InChI is InChI=1S/C19H17N5O5/c1-12-3-8-16(24(27)28)18(13(12)2)22-17(25)9-29-19(26)14-4-6-15(7-5-14)23-11-20-10-21-23/h3-8,10-11H,9H2,1-2H3,(H,22,25). The molecule has 0 saturated carbocycles. The van der Waals surface area contributed by atoms with Crippen LogP contribution in [0.1, 0.15) is 21.5 Å². The van der Waals surface area contributed by atoms with Gasteiger partial charge in [0.15, 0.2) is 6.61 Å². The van der Waals surface area contributed by atoms with Gasteiger partial charge in [0.2, 0.25) is 0 Å². The van der Waals surface area contributed by atoms with Crippen LogP contribution in [0.4, 0.5) is 11.4 Å². The second kappa shape index (κ2) is 8.30. The minimum atomic E-state index is -0.694. The maximum absolute atomic E-state index is 12.2. The number of rotatable bonds is 6. The SMILES string of the molecule is Cc1ccc([N+](=O)[O-])c(NC(=O)COC(=O)c2ccc(-n3cncn3)cc2)c1C. The number of anilines is 1. The molecule has 0 unspecified atom stereocenters. The maximum atomic E-state index is 12.2. The molecule has 1 N–H and O–H groups in total. The highest BCUT2D eigenvalue weighted by molar-refractivity contribution is 5.97. The second-order valence-electron chi connectivity index (χ2n) is 6.17. The van der Waals surface area contributed by atoms with Crippen LogP contribution in [0.5, 0.6) is 0 Å². The summed E-state index contributed by atoms with van der Waals surface area (Å²) < 4.78 is 6.53. The molecule has 0 fully saturated rings. The molecule has 10 heteroatoms. The predicted molar refractivity (Wildman–Crippen MR) is 103 cm³/mol. The van der Waals surface area contributed by atoms with Gasteiger partial charge in [-0.2, -0.15) is 5.10 Å². The van der Waals surface area contributed by atoms with E-state index in [1.165, 1.54) is 35.5 Å². The highest BCUT2D eigenvalue weighted by Gasteiger charge is 2.20. The van der Waals surface area contributed by atoms with Crippen LogP contribution in [0.15, 0.2) is 49.1 Å². The van der Waals surface area contributed by atoms with Gasteiger partial charge in [-0.15, -0.1) is 0 Å². The number of carbonyl (C=O) groups excluding carboxylic acids is 2. The molecular formula is C19H17N5O5. The van der Waals surface area contributed by atoms with Crippen molar-refractivity contribution in [1.29, 1.82) is 0 Å². The smallest absolute Gasteiger partial charge is 0.338 e. The lowest BCUT2D eigenvalue weighted by Crippen LogP contribution is -2.22. The summed E-state index contributed by atoms with van der Waals surface area (Å²) in [6, 6.07) is 9.31. The van der Waals surface area contributed by atoms with E-state index in [2.05, 4.69) is 15.4 Å². The Morgan fingerprint density at radius 3 is 2.52 bits per heavy atom. The minimum absolute atomic E-state index is 0.0910. The number of amides is 1. The summed E-state index contributed by atoms with van der Waals surface area (Å²) in [6.45, 7) is 2.87. The summed E-state index contributed by atoms with van der Waals surface area (Å²) in [6.07, 6.45) is 2.91. The van der Waals surface area contributed by atoms with Gasteiger partial charge in [-0.3, -0.25) is 14.9 Å². The van der Waals surface area contributed by atoms with Crippen molar-refractivity contribution in [2.75, 3.05) is 11.9 Å². The van der Waals surface area contributed by atoms with E-state index in [0.29, 0.717) is 11.3 Å². The van der Waals surface area contributed by atoms with Crippen LogP contribution in [0.25, 0.3) is 5.69 Å². The number of aryl methyl sites for hydroxylation is 1. The van der Waals surface area contributed by atoms with Crippen molar-refractivity contribution in [3.63, 3.8) is 0 Å². The number of aromatic nitrogens is 3. The number of nitro groups is 1. The molecule has 1 heterocycles. The van der Waals surface area contributed by atoms with Crippen LogP contribution in [-0.2, 0) is 9.53 Å². The third-order valence-electron chi connectivity index (χ3n) is 4.30. The van der Waals surface area contributed by atoms with E-state index in [-0.39, 0.29) is 16.9 Å². The summed E-state index contributed by atoms with van der Waals surface area (Å²) in [7, 11) is 0. The zero-order valence-corrected chi connectivity index (χ0v) is 15.7. The molecule has 29 heavy (non-hydrogen) atoms. The molecular weight excluding hydrogens is 378 g/mol. The van der Waals surface area contributed by atoms with Gasteiger partial charge in [-0.1, -0.05) is 6.07 Å². The van der Waals surface area contributed by atoms with Gasteiger partial charge in [0.25, 0.3) is 11.6 Å². The Hall–Kier alpha value is -4.08. The Bertz CT molecular complexity index is 1060. The average Bonchev–Trinajstić information content (AvgIpc) is 3.24. The molecule has 148 valence electrons. The lowest BCUT2D eigenvalue weighted by molar-refractivity contribution is -0.384. The van der Waals surface area contributed by atoms with Crippen molar-refractivity contribution in [2.24, 2.45) is 0 Å². The van der Waals surface area contributed by atoms with Crippen molar-refractivity contribution < 1.29 is 19.2 Å². The number of esters is 1. The Kier molecular flexibility index (Phi) is 5.63. The summed E-state index contributed by atoms with van der Waals surface area (Å²) in [4.78, 5) is 38.8. The highest BCUT2D eigenvalue weighted by Crippen LogP contribution is 2.30. The summed E-state index contributed by atoms with van der Waals surface area (Å²) in [5.74, 6) is -1.37. The number of nitrogens with one attached hydrogen (secondary N) is 1. The van der Waals surface area contributed by atoms with Crippen LogP contribution in [0.3, 0.4) is 0 Å². The molecule has 1 amide bonds. The van der Waals surface area contributed by atoms with Gasteiger partial charge < -0.3 is 10.1 Å². The van der Waals surface area contributed by atoms with E-state index < -0.39 is 23.4 Å². The maximum Gasteiger partial charge on any atom is 0.338 e. The van der Waals surface area contributed by atoms with Crippen molar-refractivity contribution in [3.05, 3.63) is 75.9 Å². The summed E-state index contributed by atoms with van der Waals surface area (Å²) in [5.41, 5.74) is 2.18. The van der Waals surface area contributed by atoms with E-state index in [9.17, 15) is 19.7 Å². The lowest BCUT2D eigenvalue weighted by Gasteiger charge is -2.11. The number of nitro benzene ring substituents is 1.